The van der Waals surface area contributed by atoms with Crippen LogP contribution in [0.1, 0.15) is 44.6 Å². The highest BCUT2D eigenvalue weighted by molar-refractivity contribution is 5.87. The molecule has 1 aliphatic carbocycles. The van der Waals surface area contributed by atoms with Crippen LogP contribution in [-0.4, -0.2) is 44.2 Å². The highest BCUT2D eigenvalue weighted by Gasteiger charge is 2.30. The van der Waals surface area contributed by atoms with Crippen LogP contribution in [0.3, 0.4) is 0 Å². The number of benzene rings is 1. The summed E-state index contributed by atoms with van der Waals surface area (Å²) >= 11 is 0. The van der Waals surface area contributed by atoms with Gasteiger partial charge in [0, 0.05) is 24.6 Å². The monoisotopic (exact) mass is 406 g/mol. The Kier molecular flexibility index (Phi) is 9.12. The largest absolute Gasteiger partial charge is 0.491 e. The topological polar surface area (TPSA) is 76.7 Å². The van der Waals surface area contributed by atoms with Crippen molar-refractivity contribution in [1.29, 1.82) is 0 Å². The minimum absolute atomic E-state index is 0.0125. The normalized spacial score (nSPS) is 18.5. The maximum Gasteiger partial charge on any atom is 0.243 e. The molecule has 1 saturated carbocycles. The Morgan fingerprint density at radius 3 is 2.79 bits per heavy atom. The van der Waals surface area contributed by atoms with E-state index < -0.39 is 0 Å². The van der Waals surface area contributed by atoms with Crippen LogP contribution in [0, 0.1) is 11.7 Å². The van der Waals surface area contributed by atoms with E-state index in [1.165, 1.54) is 18.2 Å². The van der Waals surface area contributed by atoms with Gasteiger partial charge in [0.1, 0.15) is 18.2 Å². The highest BCUT2D eigenvalue weighted by atomic mass is 19.1. The van der Waals surface area contributed by atoms with Crippen molar-refractivity contribution in [3.63, 3.8) is 0 Å². The predicted octanol–water partition coefficient (Wildman–Crippen LogP) is 2.93. The molecular formula is C22H31FN2O4. The first-order chi connectivity index (χ1) is 13.9. The van der Waals surface area contributed by atoms with Crippen molar-refractivity contribution in [2.75, 3.05) is 26.4 Å². The molecule has 0 bridgehead atoms. The van der Waals surface area contributed by atoms with E-state index in [9.17, 15) is 14.0 Å². The molecule has 0 aliphatic heterocycles. The molecule has 1 aliphatic rings. The van der Waals surface area contributed by atoms with Crippen molar-refractivity contribution < 1.29 is 23.5 Å². The molecule has 6 nitrogen and oxygen atoms in total. The molecule has 2 amide bonds. The number of hydrogen-bond acceptors (Lipinski definition) is 4. The fraction of sp³-hybridized carbons (Fsp3) is 0.545. The lowest BCUT2D eigenvalue weighted by atomic mass is 10.0. The van der Waals surface area contributed by atoms with Crippen LogP contribution in [0.15, 0.2) is 30.9 Å². The van der Waals surface area contributed by atoms with Gasteiger partial charge in [-0.15, -0.1) is 0 Å². The lowest BCUT2D eigenvalue weighted by molar-refractivity contribution is -0.125. The third kappa shape index (κ3) is 7.49. The van der Waals surface area contributed by atoms with E-state index in [2.05, 4.69) is 17.2 Å². The first-order valence-corrected chi connectivity index (χ1v) is 10.1. The Hall–Kier alpha value is -2.41. The number of rotatable bonds is 11. The number of halogens is 1. The Labute approximate surface area is 171 Å². The fourth-order valence-corrected chi connectivity index (χ4v) is 3.42. The van der Waals surface area contributed by atoms with Crippen molar-refractivity contribution in [2.45, 2.75) is 45.1 Å². The zero-order chi connectivity index (χ0) is 21.2. The molecule has 0 radical (unpaired) electrons. The van der Waals surface area contributed by atoms with Crippen molar-refractivity contribution in [1.82, 2.24) is 10.6 Å². The van der Waals surface area contributed by atoms with Crippen LogP contribution in [-0.2, 0) is 14.3 Å². The van der Waals surface area contributed by atoms with Gasteiger partial charge >= 0.3 is 0 Å². The number of carbonyl (C=O) groups is 2. The molecule has 0 unspecified atom stereocenters. The SMILES string of the molecule is C=CC(=O)N[C@H]1CC[C@@H](C(=O)NCCOCCOc2cc(F)ccc2C(C)C)C1. The van der Waals surface area contributed by atoms with Crippen LogP contribution in [0.25, 0.3) is 0 Å². The molecule has 0 saturated heterocycles. The fourth-order valence-electron chi connectivity index (χ4n) is 3.42. The average molecular weight is 406 g/mol. The molecule has 2 rings (SSSR count). The summed E-state index contributed by atoms with van der Waals surface area (Å²) in [4.78, 5) is 23.5. The third-order valence-corrected chi connectivity index (χ3v) is 4.96. The smallest absolute Gasteiger partial charge is 0.243 e. The molecule has 1 aromatic rings. The number of hydrogen-bond donors (Lipinski definition) is 2. The van der Waals surface area contributed by atoms with E-state index >= 15 is 0 Å². The second kappa shape index (κ2) is 11.6. The molecule has 7 heteroatoms. The zero-order valence-electron chi connectivity index (χ0n) is 17.2. The van der Waals surface area contributed by atoms with Gasteiger partial charge in [0.2, 0.25) is 11.8 Å². The van der Waals surface area contributed by atoms with Gasteiger partial charge in [0.05, 0.1) is 13.2 Å². The van der Waals surface area contributed by atoms with Gasteiger partial charge in [0.15, 0.2) is 0 Å². The standard InChI is InChI=1S/C22H31FN2O4/c1-4-21(26)25-18-7-5-16(13-18)22(27)24-9-10-28-11-12-29-20-14-17(23)6-8-19(20)15(2)3/h4,6,8,14-16,18H,1,5,7,9-13H2,2-3H3,(H,24,27)(H,25,26)/t16-,18+/m1/s1. The van der Waals surface area contributed by atoms with E-state index in [0.717, 1.165) is 18.4 Å². The van der Waals surface area contributed by atoms with Crippen LogP contribution < -0.4 is 15.4 Å². The highest BCUT2D eigenvalue weighted by Crippen LogP contribution is 2.27. The van der Waals surface area contributed by atoms with Gasteiger partial charge in [-0.1, -0.05) is 26.5 Å². The summed E-state index contributed by atoms with van der Waals surface area (Å²) in [6.45, 7) is 8.93. The Morgan fingerprint density at radius 2 is 2.07 bits per heavy atom. The molecule has 0 heterocycles. The quantitative estimate of drug-likeness (QED) is 0.438. The molecule has 2 atom stereocenters. The minimum atomic E-state index is -0.328. The van der Waals surface area contributed by atoms with Crippen LogP contribution in [0.4, 0.5) is 4.39 Å². The molecule has 1 aromatic carbocycles. The average Bonchev–Trinajstić information content (AvgIpc) is 3.15. The lowest BCUT2D eigenvalue weighted by Crippen LogP contribution is -2.35. The molecule has 2 N–H and O–H groups in total. The van der Waals surface area contributed by atoms with E-state index in [1.54, 1.807) is 6.07 Å². The van der Waals surface area contributed by atoms with Gasteiger partial charge in [-0.25, -0.2) is 4.39 Å². The summed E-state index contributed by atoms with van der Waals surface area (Å²) in [6, 6.07) is 4.59. The maximum absolute atomic E-state index is 13.4. The van der Waals surface area contributed by atoms with E-state index in [1.807, 2.05) is 13.8 Å². The Morgan fingerprint density at radius 1 is 1.28 bits per heavy atom. The number of nitrogens with one attached hydrogen (secondary N) is 2. The minimum Gasteiger partial charge on any atom is -0.491 e. The van der Waals surface area contributed by atoms with Crippen molar-refractivity contribution >= 4 is 11.8 Å². The van der Waals surface area contributed by atoms with E-state index in [4.69, 9.17) is 9.47 Å². The molecular weight excluding hydrogens is 375 g/mol. The predicted molar refractivity (Wildman–Crippen MR) is 109 cm³/mol. The zero-order valence-corrected chi connectivity index (χ0v) is 17.2. The number of amides is 2. The molecule has 0 spiro atoms. The van der Waals surface area contributed by atoms with Gasteiger partial charge in [-0.2, -0.15) is 0 Å². The van der Waals surface area contributed by atoms with Crippen molar-refractivity contribution in [3.05, 3.63) is 42.2 Å². The van der Waals surface area contributed by atoms with Crippen LogP contribution in [0.2, 0.25) is 0 Å². The number of ether oxygens (including phenoxy) is 2. The third-order valence-electron chi connectivity index (χ3n) is 4.96. The summed E-state index contributed by atoms with van der Waals surface area (Å²) in [5, 5.41) is 5.70. The summed E-state index contributed by atoms with van der Waals surface area (Å²) in [5.74, 6) is 0.146. The van der Waals surface area contributed by atoms with Gasteiger partial charge in [-0.05, 0) is 42.9 Å². The first kappa shape index (κ1) is 22.9. The number of carbonyl (C=O) groups excluding carboxylic acids is 2. The van der Waals surface area contributed by atoms with Crippen molar-refractivity contribution in [3.8, 4) is 5.75 Å². The van der Waals surface area contributed by atoms with Crippen LogP contribution >= 0.6 is 0 Å². The molecule has 29 heavy (non-hydrogen) atoms. The summed E-state index contributed by atoms with van der Waals surface area (Å²) in [5.41, 5.74) is 0.956. The molecule has 160 valence electrons. The van der Waals surface area contributed by atoms with Gasteiger partial charge in [0.25, 0.3) is 0 Å². The molecule has 0 aromatic heterocycles. The second-order valence-electron chi connectivity index (χ2n) is 7.51. The second-order valence-corrected chi connectivity index (χ2v) is 7.51. The van der Waals surface area contributed by atoms with E-state index in [-0.39, 0.29) is 35.5 Å². The first-order valence-electron chi connectivity index (χ1n) is 10.1. The Bertz CT molecular complexity index is 708. The maximum atomic E-state index is 13.4. The van der Waals surface area contributed by atoms with E-state index in [0.29, 0.717) is 38.5 Å². The van der Waals surface area contributed by atoms with Crippen molar-refractivity contribution in [2.24, 2.45) is 5.92 Å². The molecule has 1 fully saturated rings. The lowest BCUT2D eigenvalue weighted by Gasteiger charge is -2.15. The summed E-state index contributed by atoms with van der Waals surface area (Å²) in [7, 11) is 0. The summed E-state index contributed by atoms with van der Waals surface area (Å²) < 4.78 is 24.6. The van der Waals surface area contributed by atoms with Gasteiger partial charge < -0.3 is 20.1 Å². The Balaban J connectivity index is 1.59. The summed E-state index contributed by atoms with van der Waals surface area (Å²) in [6.07, 6.45) is 3.44. The van der Waals surface area contributed by atoms with Crippen LogP contribution in [0.5, 0.6) is 5.75 Å². The van der Waals surface area contributed by atoms with Gasteiger partial charge in [-0.3, -0.25) is 9.59 Å².